The first-order valence-electron chi connectivity index (χ1n) is 2.30. The third-order valence-corrected chi connectivity index (χ3v) is 0.236. The van der Waals surface area contributed by atoms with Gasteiger partial charge in [-0.15, -0.1) is 6.58 Å². The molecule has 0 aliphatic heterocycles. The highest BCUT2D eigenvalue weighted by Crippen LogP contribution is 1.67. The van der Waals surface area contributed by atoms with Gasteiger partial charge in [0.15, 0.2) is 0 Å². The molecule has 0 heterocycles. The summed E-state index contributed by atoms with van der Waals surface area (Å²) in [6.07, 6.45) is 3.53. The molecule has 0 rings (SSSR count). The zero-order valence-corrected chi connectivity index (χ0v) is 5.76. The number of hydrogen-bond acceptors (Lipinski definition) is 5. The predicted octanol–water partition coefficient (Wildman–Crippen LogP) is 0.888. The summed E-state index contributed by atoms with van der Waals surface area (Å²) in [7, 11) is 0. The van der Waals surface area contributed by atoms with Gasteiger partial charge in [0.25, 0.3) is 0 Å². The summed E-state index contributed by atoms with van der Waals surface area (Å²) in [5, 5.41) is 18.6. The van der Waals surface area contributed by atoms with Crippen LogP contribution >= 0.6 is 0 Å². The van der Waals surface area contributed by atoms with E-state index in [1.165, 1.54) is 0 Å². The monoisotopic (exact) mass is 153 g/mol. The van der Waals surface area contributed by atoms with Gasteiger partial charge in [-0.2, -0.15) is 5.26 Å². The van der Waals surface area contributed by atoms with E-state index >= 15 is 0 Å². The molecule has 0 radical (unpaired) electrons. The fraction of sp³-hybridized carbons (Fsp3) is 0.167. The second-order valence-electron chi connectivity index (χ2n) is 0.855. The highest BCUT2D eigenvalue weighted by molar-refractivity contribution is 5.26. The summed E-state index contributed by atoms with van der Waals surface area (Å²) < 4.78 is 0. The van der Waals surface area contributed by atoms with E-state index in [-0.39, 0.29) is 0 Å². The maximum Gasteiger partial charge on any atom is 0.231 e. The fourth-order valence-corrected chi connectivity index (χ4v) is 0.0645. The van der Waals surface area contributed by atoms with E-state index < -0.39 is 0 Å². The molecular weight excluding hydrogens is 146 g/mol. The smallest absolute Gasteiger partial charge is 0.222 e. The van der Waals surface area contributed by atoms with Crippen molar-refractivity contribution in [3.63, 3.8) is 0 Å². The molecule has 0 spiro atoms. The summed E-state index contributed by atoms with van der Waals surface area (Å²) >= 11 is 0. The molecule has 0 aromatic heterocycles. The molecule has 5 heteroatoms. The highest BCUT2D eigenvalue weighted by Gasteiger charge is 1.56. The molecule has 0 saturated heterocycles. The second-order valence-corrected chi connectivity index (χ2v) is 0.855. The number of carbonyl (C=O) groups excluding carboxylic acids is 2. The molecule has 0 unspecified atom stereocenters. The number of nitriles is 1. The first-order valence-corrected chi connectivity index (χ1v) is 2.30. The maximum absolute atomic E-state index is 8.35. The lowest BCUT2D eigenvalue weighted by molar-refractivity contribution is 0.562. The zero-order chi connectivity index (χ0) is 9.54. The van der Waals surface area contributed by atoms with E-state index in [0.717, 1.165) is 12.2 Å². The largest absolute Gasteiger partial charge is 0.231 e. The molecule has 0 aliphatic rings. The van der Waals surface area contributed by atoms with E-state index in [9.17, 15) is 0 Å². The van der Waals surface area contributed by atoms with Crippen molar-refractivity contribution in [2.24, 2.45) is 0 Å². The summed E-state index contributed by atoms with van der Waals surface area (Å²) in [4.78, 5) is 16.7. The van der Waals surface area contributed by atoms with Gasteiger partial charge < -0.3 is 0 Å². The average molecular weight is 153 g/mol. The van der Waals surface area contributed by atoms with Crippen LogP contribution in [0.1, 0.15) is 6.42 Å². The maximum atomic E-state index is 8.35. The van der Waals surface area contributed by atoms with Gasteiger partial charge in [0.2, 0.25) is 12.2 Å². The second kappa shape index (κ2) is 43.7. The van der Waals surface area contributed by atoms with Crippen LogP contribution in [0.5, 0.6) is 0 Å². The minimum absolute atomic E-state index is 0.458. The molecule has 0 atom stereocenters. The van der Waals surface area contributed by atoms with Crippen LogP contribution in [0.15, 0.2) is 12.7 Å². The Labute approximate surface area is 64.0 Å². The predicted molar refractivity (Wildman–Crippen MR) is 37.3 cm³/mol. The van der Waals surface area contributed by atoms with Crippen molar-refractivity contribution in [1.29, 1.82) is 16.1 Å². The quantitative estimate of drug-likeness (QED) is 0.332. The minimum Gasteiger partial charge on any atom is -0.222 e. The van der Waals surface area contributed by atoms with Crippen LogP contribution in [-0.2, 0) is 9.59 Å². The minimum atomic E-state index is 0.458. The van der Waals surface area contributed by atoms with Crippen molar-refractivity contribution in [3.8, 4) is 6.07 Å². The fourth-order valence-electron chi connectivity index (χ4n) is 0.0645. The molecule has 0 aliphatic carbocycles. The molecule has 0 amide bonds. The Bertz CT molecular complexity index is 168. The van der Waals surface area contributed by atoms with Crippen molar-refractivity contribution in [2.45, 2.75) is 6.42 Å². The number of nitrogens with one attached hydrogen (secondary N) is 2. The molecule has 5 nitrogen and oxygen atoms in total. The molecule has 2 N–H and O–H groups in total. The highest BCUT2D eigenvalue weighted by atomic mass is 16.1. The van der Waals surface area contributed by atoms with Crippen LogP contribution in [0, 0.1) is 22.1 Å². The zero-order valence-electron chi connectivity index (χ0n) is 5.76. The van der Waals surface area contributed by atoms with E-state index in [1.54, 1.807) is 6.08 Å². The van der Waals surface area contributed by atoms with Crippen LogP contribution in [0.2, 0.25) is 0 Å². The Kier molecular flexibility index (Phi) is 63.5. The molecule has 0 aromatic rings. The normalized spacial score (nSPS) is 3.91. The van der Waals surface area contributed by atoms with Gasteiger partial charge in [0.05, 0.1) is 12.5 Å². The third-order valence-electron chi connectivity index (χ3n) is 0.236. The van der Waals surface area contributed by atoms with E-state index in [2.05, 4.69) is 6.58 Å². The Hall–Kier alpha value is -2.01. The number of isocyanates is 2. The average Bonchev–Trinajstić information content (AvgIpc) is 1.92. The lowest BCUT2D eigenvalue weighted by atomic mass is 10.5. The topological polar surface area (TPSA) is 106 Å². The molecule has 0 bridgehead atoms. The number of rotatable bonds is 1. The van der Waals surface area contributed by atoms with Gasteiger partial charge in [-0.25, -0.2) is 20.4 Å². The summed E-state index contributed by atoms with van der Waals surface area (Å²) in [6, 6.07) is 1.90. The first kappa shape index (κ1) is 16.0. The van der Waals surface area contributed by atoms with Crippen molar-refractivity contribution in [3.05, 3.63) is 12.7 Å². The summed E-state index contributed by atoms with van der Waals surface area (Å²) in [5.74, 6) is 0. The lowest BCUT2D eigenvalue weighted by Crippen LogP contribution is -1.45. The Morgan fingerprint density at radius 1 is 1.36 bits per heavy atom. The van der Waals surface area contributed by atoms with Crippen LogP contribution in [0.4, 0.5) is 0 Å². The van der Waals surface area contributed by atoms with E-state index in [4.69, 9.17) is 25.7 Å². The van der Waals surface area contributed by atoms with Gasteiger partial charge in [-0.1, -0.05) is 6.08 Å². The molecule has 11 heavy (non-hydrogen) atoms. The van der Waals surface area contributed by atoms with Gasteiger partial charge in [-0.3, -0.25) is 0 Å². The SMILES string of the molecule is C=CCC#N.N=C=O.N=C=O. The van der Waals surface area contributed by atoms with Crippen LogP contribution in [-0.4, -0.2) is 12.2 Å². The molecule has 0 aromatic carbocycles. The number of allylic oxidation sites excluding steroid dienone is 1. The Morgan fingerprint density at radius 3 is 1.64 bits per heavy atom. The van der Waals surface area contributed by atoms with Crippen LogP contribution < -0.4 is 0 Å². The van der Waals surface area contributed by atoms with Gasteiger partial charge in [0.1, 0.15) is 0 Å². The van der Waals surface area contributed by atoms with E-state index in [1.807, 2.05) is 6.07 Å². The Morgan fingerprint density at radius 2 is 1.64 bits per heavy atom. The molecule has 58 valence electrons. The summed E-state index contributed by atoms with van der Waals surface area (Å²) in [6.45, 7) is 3.33. The van der Waals surface area contributed by atoms with Crippen LogP contribution in [0.3, 0.4) is 0 Å². The molecular formula is C6H7N3O2. The van der Waals surface area contributed by atoms with Crippen molar-refractivity contribution in [1.82, 2.24) is 0 Å². The van der Waals surface area contributed by atoms with Crippen LogP contribution in [0.25, 0.3) is 0 Å². The Balaban J connectivity index is -0.0000000933. The first-order chi connectivity index (χ1) is 5.24. The van der Waals surface area contributed by atoms with Gasteiger partial charge in [0, 0.05) is 0 Å². The number of nitrogens with zero attached hydrogens (tertiary/aromatic N) is 1. The number of hydrogen-bond donors (Lipinski definition) is 2. The van der Waals surface area contributed by atoms with Crippen molar-refractivity contribution < 1.29 is 9.59 Å². The van der Waals surface area contributed by atoms with Crippen molar-refractivity contribution in [2.75, 3.05) is 0 Å². The van der Waals surface area contributed by atoms with Crippen molar-refractivity contribution >= 4 is 12.2 Å². The molecule has 0 fully saturated rings. The standard InChI is InChI=1S/C4H5N.2CHNO/c1-2-3-4-5;2*2-1-3/h2H,1,3H2;2*2H. The van der Waals surface area contributed by atoms with Gasteiger partial charge >= 0.3 is 0 Å². The summed E-state index contributed by atoms with van der Waals surface area (Å²) in [5.41, 5.74) is 0. The van der Waals surface area contributed by atoms with Gasteiger partial charge in [-0.05, 0) is 0 Å². The molecule has 0 saturated carbocycles. The third kappa shape index (κ3) is 2870000. The van der Waals surface area contributed by atoms with E-state index in [0.29, 0.717) is 6.42 Å². The lowest BCUT2D eigenvalue weighted by Gasteiger charge is -1.55.